The topological polar surface area (TPSA) is 101 Å². The highest BCUT2D eigenvalue weighted by Gasteiger charge is 2.35. The molecule has 1 fully saturated rings. The highest BCUT2D eigenvalue weighted by atomic mass is 32.1. The first-order valence-electron chi connectivity index (χ1n) is 6.03. The Balaban J connectivity index is 1.92. The second-order valence-corrected chi connectivity index (χ2v) is 5.30. The SMILES string of the molecule is O=C(O)[C@@H]1CCCN1C(=O)c1sccc1-n1cnnn1. The standard InChI is InChI=1S/C11H11N5O3S/c17-10(15-4-1-2-8(15)11(18)19)9-7(3-5-20-9)16-6-12-13-14-16/h3,5-6,8H,1-2,4H2,(H,18,19)/t8-/m0/s1. The van der Waals surface area contributed by atoms with E-state index < -0.39 is 12.0 Å². The number of carboxylic acid groups (broad SMARTS) is 1. The number of aliphatic carboxylic acids is 1. The molecule has 0 spiro atoms. The number of amides is 1. The number of carbonyl (C=O) groups is 2. The van der Waals surface area contributed by atoms with E-state index >= 15 is 0 Å². The quantitative estimate of drug-likeness (QED) is 0.879. The first-order chi connectivity index (χ1) is 9.68. The van der Waals surface area contributed by atoms with E-state index in [1.807, 2.05) is 0 Å². The summed E-state index contributed by atoms with van der Waals surface area (Å²) in [5.74, 6) is -1.24. The Labute approximate surface area is 117 Å². The molecule has 1 aliphatic heterocycles. The van der Waals surface area contributed by atoms with Gasteiger partial charge in [-0.2, -0.15) is 4.68 Å². The molecule has 20 heavy (non-hydrogen) atoms. The Morgan fingerprint density at radius 3 is 3.00 bits per heavy atom. The van der Waals surface area contributed by atoms with Crippen LogP contribution >= 0.6 is 11.3 Å². The van der Waals surface area contributed by atoms with Gasteiger partial charge in [-0.3, -0.25) is 4.79 Å². The van der Waals surface area contributed by atoms with Crippen LogP contribution in [0.15, 0.2) is 17.8 Å². The molecule has 0 unspecified atom stereocenters. The fraction of sp³-hybridized carbons (Fsp3) is 0.364. The molecule has 2 aromatic rings. The van der Waals surface area contributed by atoms with Crippen LogP contribution in [-0.4, -0.2) is 54.7 Å². The van der Waals surface area contributed by atoms with E-state index in [2.05, 4.69) is 15.5 Å². The van der Waals surface area contributed by atoms with Crippen molar-refractivity contribution in [2.75, 3.05) is 6.54 Å². The highest BCUT2D eigenvalue weighted by molar-refractivity contribution is 7.12. The predicted octanol–water partition coefficient (Wildman–Crippen LogP) is 0.413. The molecule has 1 aliphatic rings. The van der Waals surface area contributed by atoms with Gasteiger partial charge in [-0.05, 0) is 34.7 Å². The number of nitrogens with zero attached hydrogens (tertiary/aromatic N) is 5. The number of carbonyl (C=O) groups excluding carboxylic acids is 1. The zero-order valence-electron chi connectivity index (χ0n) is 10.3. The monoisotopic (exact) mass is 293 g/mol. The van der Waals surface area contributed by atoms with Crippen LogP contribution in [0.3, 0.4) is 0 Å². The zero-order chi connectivity index (χ0) is 14.1. The molecule has 0 radical (unpaired) electrons. The van der Waals surface area contributed by atoms with Crippen LogP contribution in [0.1, 0.15) is 22.5 Å². The predicted molar refractivity (Wildman–Crippen MR) is 68.7 cm³/mol. The summed E-state index contributed by atoms with van der Waals surface area (Å²) in [5.41, 5.74) is 0.570. The summed E-state index contributed by atoms with van der Waals surface area (Å²) in [5, 5.41) is 21.7. The van der Waals surface area contributed by atoms with Crippen molar-refractivity contribution in [1.29, 1.82) is 0 Å². The van der Waals surface area contributed by atoms with E-state index in [1.165, 1.54) is 27.2 Å². The van der Waals surface area contributed by atoms with Crippen molar-refractivity contribution >= 4 is 23.2 Å². The number of tetrazole rings is 1. The van der Waals surface area contributed by atoms with E-state index in [-0.39, 0.29) is 5.91 Å². The van der Waals surface area contributed by atoms with Gasteiger partial charge in [0.15, 0.2) is 0 Å². The number of hydrogen-bond acceptors (Lipinski definition) is 6. The minimum absolute atomic E-state index is 0.282. The summed E-state index contributed by atoms with van der Waals surface area (Å²) in [6.07, 6.45) is 2.60. The number of rotatable bonds is 3. The lowest BCUT2D eigenvalue weighted by Crippen LogP contribution is -2.40. The fourth-order valence-electron chi connectivity index (χ4n) is 2.31. The van der Waals surface area contributed by atoms with Crippen molar-refractivity contribution in [2.45, 2.75) is 18.9 Å². The third-order valence-corrected chi connectivity index (χ3v) is 4.12. The van der Waals surface area contributed by atoms with Gasteiger partial charge < -0.3 is 10.0 Å². The Morgan fingerprint density at radius 2 is 2.30 bits per heavy atom. The van der Waals surface area contributed by atoms with Crippen LogP contribution < -0.4 is 0 Å². The molecule has 1 atom stereocenters. The number of thiophene rings is 1. The first kappa shape index (κ1) is 12.7. The maximum absolute atomic E-state index is 12.5. The Morgan fingerprint density at radius 1 is 1.45 bits per heavy atom. The molecule has 0 aliphatic carbocycles. The van der Waals surface area contributed by atoms with Crippen molar-refractivity contribution < 1.29 is 14.7 Å². The minimum atomic E-state index is -0.962. The van der Waals surface area contributed by atoms with Crippen LogP contribution in [0.2, 0.25) is 0 Å². The van der Waals surface area contributed by atoms with Crippen molar-refractivity contribution in [3.8, 4) is 5.69 Å². The molecule has 0 saturated carbocycles. The van der Waals surface area contributed by atoms with E-state index in [0.29, 0.717) is 30.0 Å². The molecule has 3 heterocycles. The second-order valence-electron chi connectivity index (χ2n) is 4.38. The summed E-state index contributed by atoms with van der Waals surface area (Å²) < 4.78 is 1.40. The molecule has 2 aromatic heterocycles. The third kappa shape index (κ3) is 2.05. The molecule has 1 N–H and O–H groups in total. The van der Waals surface area contributed by atoms with Gasteiger partial charge in [0.05, 0.1) is 5.69 Å². The van der Waals surface area contributed by atoms with Gasteiger partial charge in [0.2, 0.25) is 0 Å². The van der Waals surface area contributed by atoms with Gasteiger partial charge in [0.25, 0.3) is 5.91 Å². The van der Waals surface area contributed by atoms with Gasteiger partial charge >= 0.3 is 5.97 Å². The largest absolute Gasteiger partial charge is 0.480 e. The van der Waals surface area contributed by atoms with Gasteiger partial charge in [-0.25, -0.2) is 4.79 Å². The van der Waals surface area contributed by atoms with Crippen LogP contribution in [0.5, 0.6) is 0 Å². The van der Waals surface area contributed by atoms with E-state index in [1.54, 1.807) is 11.4 Å². The molecule has 0 aromatic carbocycles. The molecule has 3 rings (SSSR count). The third-order valence-electron chi connectivity index (χ3n) is 3.23. The minimum Gasteiger partial charge on any atom is -0.480 e. The smallest absolute Gasteiger partial charge is 0.326 e. The normalized spacial score (nSPS) is 18.4. The summed E-state index contributed by atoms with van der Waals surface area (Å²) in [7, 11) is 0. The maximum Gasteiger partial charge on any atom is 0.326 e. The van der Waals surface area contributed by atoms with Crippen molar-refractivity contribution in [3.63, 3.8) is 0 Å². The maximum atomic E-state index is 12.5. The second kappa shape index (κ2) is 5.00. The summed E-state index contributed by atoms with van der Waals surface area (Å²) in [6.45, 7) is 0.461. The van der Waals surface area contributed by atoms with Crippen LogP contribution in [0.25, 0.3) is 5.69 Å². The summed E-state index contributed by atoms with van der Waals surface area (Å²) in [6, 6.07) is 0.992. The average molecular weight is 293 g/mol. The van der Waals surface area contributed by atoms with Crippen LogP contribution in [0.4, 0.5) is 0 Å². The molecule has 9 heteroatoms. The fourth-order valence-corrected chi connectivity index (χ4v) is 3.14. The number of hydrogen-bond donors (Lipinski definition) is 1. The molecule has 1 amide bonds. The molecule has 0 bridgehead atoms. The van der Waals surface area contributed by atoms with Crippen molar-refractivity contribution in [2.24, 2.45) is 0 Å². The highest BCUT2D eigenvalue weighted by Crippen LogP contribution is 2.26. The summed E-state index contributed by atoms with van der Waals surface area (Å²) in [4.78, 5) is 25.6. The zero-order valence-corrected chi connectivity index (χ0v) is 11.2. The van der Waals surface area contributed by atoms with E-state index in [4.69, 9.17) is 5.11 Å². The molecular formula is C11H11N5O3S. The Hall–Kier alpha value is -2.29. The molecule has 1 saturated heterocycles. The van der Waals surface area contributed by atoms with Crippen LogP contribution in [0, 0.1) is 0 Å². The van der Waals surface area contributed by atoms with Crippen molar-refractivity contribution in [3.05, 3.63) is 22.7 Å². The van der Waals surface area contributed by atoms with Gasteiger partial charge in [-0.1, -0.05) is 0 Å². The first-order valence-corrected chi connectivity index (χ1v) is 6.91. The number of carboxylic acids is 1. The summed E-state index contributed by atoms with van der Waals surface area (Å²) >= 11 is 1.26. The van der Waals surface area contributed by atoms with Crippen LogP contribution in [-0.2, 0) is 4.79 Å². The Kier molecular flexibility index (Phi) is 3.18. The lowest BCUT2D eigenvalue weighted by atomic mass is 10.2. The number of likely N-dealkylation sites (tertiary alicyclic amines) is 1. The number of aromatic nitrogens is 4. The Bertz CT molecular complexity index is 638. The lowest BCUT2D eigenvalue weighted by molar-refractivity contribution is -0.141. The molecular weight excluding hydrogens is 282 g/mol. The van der Waals surface area contributed by atoms with Gasteiger partial charge in [-0.15, -0.1) is 16.4 Å². The van der Waals surface area contributed by atoms with Crippen molar-refractivity contribution in [1.82, 2.24) is 25.1 Å². The van der Waals surface area contributed by atoms with Gasteiger partial charge in [0, 0.05) is 6.54 Å². The lowest BCUT2D eigenvalue weighted by Gasteiger charge is -2.21. The van der Waals surface area contributed by atoms with Gasteiger partial charge in [0.1, 0.15) is 17.2 Å². The molecule has 8 nitrogen and oxygen atoms in total. The average Bonchev–Trinajstić information content (AvgIpc) is 3.17. The molecule has 104 valence electrons. The van der Waals surface area contributed by atoms with E-state index in [9.17, 15) is 9.59 Å². The van der Waals surface area contributed by atoms with E-state index in [0.717, 1.165) is 0 Å².